The van der Waals surface area contributed by atoms with Crippen LogP contribution in [0.5, 0.6) is 11.5 Å². The minimum absolute atomic E-state index is 0.148. The molecule has 0 amide bonds. The van der Waals surface area contributed by atoms with Crippen molar-refractivity contribution >= 4 is 10.9 Å². The first-order chi connectivity index (χ1) is 13.0. The second-order valence-electron chi connectivity index (χ2n) is 5.90. The van der Waals surface area contributed by atoms with E-state index in [1.807, 2.05) is 0 Å². The van der Waals surface area contributed by atoms with Gasteiger partial charge in [0.05, 0.1) is 12.6 Å². The van der Waals surface area contributed by atoms with E-state index in [0.717, 1.165) is 6.07 Å². The molecule has 0 atom stereocenters. The highest BCUT2D eigenvalue weighted by Crippen LogP contribution is 2.33. The van der Waals surface area contributed by atoms with E-state index < -0.39 is 17.1 Å². The largest absolute Gasteiger partial charge is 0.506 e. The summed E-state index contributed by atoms with van der Waals surface area (Å²) in [6, 6.07) is 10.7. The lowest BCUT2D eigenvalue weighted by atomic mass is 10.1. The van der Waals surface area contributed by atoms with Gasteiger partial charge in [0.25, 0.3) is 11.4 Å². The van der Waals surface area contributed by atoms with Gasteiger partial charge in [-0.2, -0.15) is 4.98 Å². The Morgan fingerprint density at radius 1 is 1.19 bits per heavy atom. The topological polar surface area (TPSA) is 90.4 Å². The average molecular weight is 367 g/mol. The second kappa shape index (κ2) is 6.24. The van der Waals surface area contributed by atoms with E-state index in [-0.39, 0.29) is 22.7 Å². The van der Waals surface area contributed by atoms with Crippen LogP contribution < -0.4 is 10.3 Å². The Balaban J connectivity index is 1.88. The third-order valence-corrected chi connectivity index (χ3v) is 4.32. The van der Waals surface area contributed by atoms with Crippen LogP contribution >= 0.6 is 0 Å². The highest BCUT2D eigenvalue weighted by molar-refractivity contribution is 5.91. The van der Waals surface area contributed by atoms with Gasteiger partial charge in [-0.15, -0.1) is 0 Å². The molecule has 1 N–H and O–H groups in total. The van der Waals surface area contributed by atoms with E-state index >= 15 is 0 Å². The summed E-state index contributed by atoms with van der Waals surface area (Å²) < 4.78 is 25.2. The van der Waals surface area contributed by atoms with E-state index in [9.17, 15) is 14.3 Å². The molecule has 4 rings (SSSR count). The van der Waals surface area contributed by atoms with E-state index in [4.69, 9.17) is 9.26 Å². The summed E-state index contributed by atoms with van der Waals surface area (Å²) in [7, 11) is 3.08. The fourth-order valence-electron chi connectivity index (χ4n) is 2.88. The van der Waals surface area contributed by atoms with Crippen molar-refractivity contribution in [2.75, 3.05) is 7.11 Å². The number of fused-ring (bicyclic) bond motifs is 1. The number of methoxy groups -OCH3 is 1. The second-order valence-corrected chi connectivity index (χ2v) is 5.90. The van der Waals surface area contributed by atoms with Crippen molar-refractivity contribution in [3.63, 3.8) is 0 Å². The molecule has 2 aromatic carbocycles. The van der Waals surface area contributed by atoms with Crippen LogP contribution in [-0.2, 0) is 7.05 Å². The quantitative estimate of drug-likeness (QED) is 0.598. The van der Waals surface area contributed by atoms with Crippen LogP contribution in [0.25, 0.3) is 33.7 Å². The molecule has 0 aliphatic rings. The summed E-state index contributed by atoms with van der Waals surface area (Å²) >= 11 is 0. The highest BCUT2D eigenvalue weighted by Gasteiger charge is 2.22. The fourth-order valence-corrected chi connectivity index (χ4v) is 2.88. The van der Waals surface area contributed by atoms with Gasteiger partial charge in [0, 0.05) is 18.0 Å². The van der Waals surface area contributed by atoms with Gasteiger partial charge in [-0.05, 0) is 42.5 Å². The Morgan fingerprint density at radius 3 is 2.63 bits per heavy atom. The summed E-state index contributed by atoms with van der Waals surface area (Å²) in [4.78, 5) is 16.9. The van der Waals surface area contributed by atoms with E-state index in [2.05, 4.69) is 10.1 Å². The average Bonchev–Trinajstić information content (AvgIpc) is 3.16. The van der Waals surface area contributed by atoms with Gasteiger partial charge in [0.15, 0.2) is 0 Å². The molecule has 0 fully saturated rings. The van der Waals surface area contributed by atoms with Gasteiger partial charge in [-0.3, -0.25) is 4.79 Å². The summed E-state index contributed by atoms with van der Waals surface area (Å²) in [6.07, 6.45) is 0. The van der Waals surface area contributed by atoms with Crippen LogP contribution in [0.15, 0.2) is 51.8 Å². The van der Waals surface area contributed by atoms with Crippen LogP contribution in [0.2, 0.25) is 0 Å². The maximum Gasteiger partial charge on any atom is 0.267 e. The maximum absolute atomic E-state index is 13.6. The molecule has 0 spiro atoms. The Labute approximate surface area is 152 Å². The lowest BCUT2D eigenvalue weighted by Crippen LogP contribution is -2.19. The normalized spacial score (nSPS) is 11.1. The van der Waals surface area contributed by atoms with Crippen molar-refractivity contribution in [1.29, 1.82) is 0 Å². The molecule has 0 aliphatic carbocycles. The third kappa shape index (κ3) is 2.71. The van der Waals surface area contributed by atoms with E-state index in [1.165, 1.54) is 23.7 Å². The van der Waals surface area contributed by atoms with Gasteiger partial charge < -0.3 is 18.9 Å². The number of aryl methyl sites for hydroxylation is 1. The predicted molar refractivity (Wildman–Crippen MR) is 96.1 cm³/mol. The third-order valence-electron chi connectivity index (χ3n) is 4.32. The first-order valence-electron chi connectivity index (χ1n) is 7.99. The number of rotatable bonds is 3. The molecule has 0 radical (unpaired) electrons. The number of halogens is 1. The molecule has 2 heterocycles. The van der Waals surface area contributed by atoms with Crippen LogP contribution in [0.3, 0.4) is 0 Å². The Morgan fingerprint density at radius 2 is 1.93 bits per heavy atom. The Kier molecular flexibility index (Phi) is 3.88. The zero-order valence-corrected chi connectivity index (χ0v) is 14.4. The summed E-state index contributed by atoms with van der Waals surface area (Å²) in [5.41, 5.74) is 0.325. The highest BCUT2D eigenvalue weighted by atomic mass is 19.1. The predicted octanol–water partition coefficient (Wildman–Crippen LogP) is 3.11. The number of hydrogen-bond acceptors (Lipinski definition) is 6. The van der Waals surface area contributed by atoms with Crippen molar-refractivity contribution < 1.29 is 18.8 Å². The number of hydrogen-bond donors (Lipinski definition) is 1. The molecule has 0 unspecified atom stereocenters. The minimum atomic E-state index is -0.535. The van der Waals surface area contributed by atoms with Crippen molar-refractivity contribution in [1.82, 2.24) is 14.7 Å². The van der Waals surface area contributed by atoms with Crippen LogP contribution in [0.1, 0.15) is 0 Å². The number of ether oxygens (including phenoxy) is 1. The molecule has 27 heavy (non-hydrogen) atoms. The molecular weight excluding hydrogens is 353 g/mol. The molecule has 0 aliphatic heterocycles. The van der Waals surface area contributed by atoms with Gasteiger partial charge >= 0.3 is 0 Å². The lowest BCUT2D eigenvalue weighted by molar-refractivity contribution is 0.414. The molecule has 7 nitrogen and oxygen atoms in total. The molecule has 0 saturated carbocycles. The van der Waals surface area contributed by atoms with Gasteiger partial charge in [-0.25, -0.2) is 4.39 Å². The minimum Gasteiger partial charge on any atom is -0.506 e. The zero-order valence-electron chi connectivity index (χ0n) is 14.4. The standard InChI is InChI=1S/C19H14FN3O4/c1-23-14-8-5-11(20)9-13(14)16(24)15(19(23)25)18-21-17(22-27-18)10-3-6-12(26-2)7-4-10/h3-9,24H,1-2H3. The van der Waals surface area contributed by atoms with Gasteiger partial charge in [0.1, 0.15) is 22.9 Å². The number of aromatic hydroxyl groups is 1. The first-order valence-corrected chi connectivity index (χ1v) is 7.99. The SMILES string of the molecule is COc1ccc(-c2noc(-c3c(O)c4cc(F)ccc4n(C)c3=O)n2)cc1. The molecule has 0 bridgehead atoms. The lowest BCUT2D eigenvalue weighted by Gasteiger charge is -2.09. The van der Waals surface area contributed by atoms with Crippen LogP contribution in [0.4, 0.5) is 4.39 Å². The molecule has 2 aromatic heterocycles. The smallest absolute Gasteiger partial charge is 0.267 e. The van der Waals surface area contributed by atoms with Crippen molar-refractivity contribution in [2.24, 2.45) is 7.05 Å². The molecular formula is C19H14FN3O4. The molecule has 8 heteroatoms. The Hall–Kier alpha value is -3.68. The van der Waals surface area contributed by atoms with Crippen LogP contribution in [0, 0.1) is 5.82 Å². The fraction of sp³-hybridized carbons (Fsp3) is 0.105. The van der Waals surface area contributed by atoms with Crippen molar-refractivity contribution in [3.05, 3.63) is 58.6 Å². The number of pyridine rings is 1. The summed E-state index contributed by atoms with van der Waals surface area (Å²) in [6.45, 7) is 0. The monoisotopic (exact) mass is 367 g/mol. The number of benzene rings is 2. The molecule has 4 aromatic rings. The number of aromatic nitrogens is 3. The van der Waals surface area contributed by atoms with Gasteiger partial charge in [-0.1, -0.05) is 5.16 Å². The molecule has 136 valence electrons. The summed E-state index contributed by atoms with van der Waals surface area (Å²) in [5, 5.41) is 14.6. The van der Waals surface area contributed by atoms with Crippen LogP contribution in [-0.4, -0.2) is 26.9 Å². The molecule has 0 saturated heterocycles. The first kappa shape index (κ1) is 16.8. The maximum atomic E-state index is 13.6. The van der Waals surface area contributed by atoms with E-state index in [1.54, 1.807) is 31.4 Å². The van der Waals surface area contributed by atoms with Gasteiger partial charge in [0.2, 0.25) is 5.82 Å². The van der Waals surface area contributed by atoms with E-state index in [0.29, 0.717) is 16.8 Å². The van der Waals surface area contributed by atoms with Crippen molar-refractivity contribution in [2.45, 2.75) is 0 Å². The Bertz CT molecular complexity index is 1210. The zero-order chi connectivity index (χ0) is 19.1. The summed E-state index contributed by atoms with van der Waals surface area (Å²) in [5.74, 6) is -0.173. The van der Waals surface area contributed by atoms with Crippen molar-refractivity contribution in [3.8, 4) is 34.3 Å². The number of nitrogens with zero attached hydrogens (tertiary/aromatic N) is 3.